The molecule has 160 valence electrons. The molecule has 2 aromatic rings. The number of anilines is 2. The molecule has 0 spiro atoms. The van der Waals surface area contributed by atoms with Crippen molar-refractivity contribution in [1.29, 1.82) is 0 Å². The minimum Gasteiger partial charge on any atom is -0.497 e. The number of methoxy groups -OCH3 is 1. The normalized spacial score (nSPS) is 14.8. The van der Waals surface area contributed by atoms with Crippen molar-refractivity contribution in [1.82, 2.24) is 9.62 Å². The second kappa shape index (κ2) is 9.41. The van der Waals surface area contributed by atoms with Gasteiger partial charge < -0.3 is 15.0 Å². The molecule has 0 radical (unpaired) electrons. The molecule has 0 unspecified atom stereocenters. The summed E-state index contributed by atoms with van der Waals surface area (Å²) in [5, 5.41) is 5.83. The topological polar surface area (TPSA) is 91.0 Å². The number of hydrogen-bond acceptors (Lipinski definition) is 6. The van der Waals surface area contributed by atoms with E-state index in [1.165, 1.54) is 10.6 Å². The van der Waals surface area contributed by atoms with Crippen molar-refractivity contribution >= 4 is 44.6 Å². The Balaban J connectivity index is 1.54. The van der Waals surface area contributed by atoms with Crippen LogP contribution in [0.5, 0.6) is 5.75 Å². The molecule has 1 amide bonds. The molecule has 10 heteroatoms. The number of thiocarbonyl (C=S) groups is 1. The van der Waals surface area contributed by atoms with Crippen LogP contribution in [0.25, 0.3) is 0 Å². The number of ether oxygens (including phenoxy) is 1. The maximum Gasteiger partial charge on any atom is 0.257 e. The van der Waals surface area contributed by atoms with Crippen molar-refractivity contribution < 1.29 is 17.9 Å². The quantitative estimate of drug-likeness (QED) is 0.675. The van der Waals surface area contributed by atoms with Crippen LogP contribution in [0.4, 0.5) is 11.4 Å². The van der Waals surface area contributed by atoms with Crippen molar-refractivity contribution in [2.75, 3.05) is 49.8 Å². The van der Waals surface area contributed by atoms with Crippen LogP contribution in [0, 0.1) is 0 Å². The van der Waals surface area contributed by atoms with Crippen LogP contribution in [0.15, 0.2) is 48.5 Å². The van der Waals surface area contributed by atoms with Crippen molar-refractivity contribution in [3.63, 3.8) is 0 Å². The summed E-state index contributed by atoms with van der Waals surface area (Å²) in [6.45, 7) is 2.21. The Labute approximate surface area is 181 Å². The van der Waals surface area contributed by atoms with Crippen LogP contribution in [0.1, 0.15) is 10.4 Å². The number of carbonyl (C=O) groups excluding carboxylic acids is 1. The summed E-state index contributed by atoms with van der Waals surface area (Å²) < 4.78 is 29.9. The maximum atomic E-state index is 12.3. The third-order valence-corrected chi connectivity index (χ3v) is 6.26. The highest BCUT2D eigenvalue weighted by Gasteiger charge is 2.23. The Hall–Kier alpha value is -2.69. The van der Waals surface area contributed by atoms with Gasteiger partial charge >= 0.3 is 0 Å². The number of piperazine rings is 1. The molecule has 0 aliphatic carbocycles. The average Bonchev–Trinajstić information content (AvgIpc) is 2.73. The van der Waals surface area contributed by atoms with Crippen LogP contribution < -0.4 is 20.3 Å². The Bertz CT molecular complexity index is 1020. The van der Waals surface area contributed by atoms with E-state index >= 15 is 0 Å². The lowest BCUT2D eigenvalue weighted by Crippen LogP contribution is -2.48. The first-order valence-corrected chi connectivity index (χ1v) is 11.6. The Kier molecular flexibility index (Phi) is 6.91. The summed E-state index contributed by atoms with van der Waals surface area (Å²) >= 11 is 5.23. The van der Waals surface area contributed by atoms with Crippen LogP contribution in [0.3, 0.4) is 0 Å². The number of hydrogen-bond donors (Lipinski definition) is 2. The zero-order valence-corrected chi connectivity index (χ0v) is 18.4. The second-order valence-electron chi connectivity index (χ2n) is 6.84. The van der Waals surface area contributed by atoms with Gasteiger partial charge in [-0.25, -0.2) is 8.42 Å². The van der Waals surface area contributed by atoms with Gasteiger partial charge in [0.1, 0.15) is 5.75 Å². The number of rotatable bonds is 5. The van der Waals surface area contributed by atoms with E-state index in [2.05, 4.69) is 15.5 Å². The van der Waals surface area contributed by atoms with Crippen LogP contribution in [-0.4, -0.2) is 63.3 Å². The van der Waals surface area contributed by atoms with Gasteiger partial charge in [-0.15, -0.1) is 0 Å². The third kappa shape index (κ3) is 5.68. The molecule has 1 saturated heterocycles. The van der Waals surface area contributed by atoms with Gasteiger partial charge in [0, 0.05) is 43.1 Å². The minimum absolute atomic E-state index is 0.192. The van der Waals surface area contributed by atoms with Gasteiger partial charge in [-0.05, 0) is 54.7 Å². The zero-order chi connectivity index (χ0) is 21.7. The van der Waals surface area contributed by atoms with Gasteiger partial charge in [0.25, 0.3) is 5.91 Å². The van der Waals surface area contributed by atoms with Gasteiger partial charge in [-0.2, -0.15) is 4.31 Å². The van der Waals surface area contributed by atoms with E-state index in [4.69, 9.17) is 17.0 Å². The number of sulfonamides is 1. The molecule has 0 aromatic heterocycles. The summed E-state index contributed by atoms with van der Waals surface area (Å²) in [5.41, 5.74) is 2.19. The van der Waals surface area contributed by atoms with Gasteiger partial charge in [0.15, 0.2) is 5.11 Å². The minimum atomic E-state index is -3.14. The smallest absolute Gasteiger partial charge is 0.257 e. The van der Waals surface area contributed by atoms with Gasteiger partial charge in [0.2, 0.25) is 10.0 Å². The molecule has 0 bridgehead atoms. The van der Waals surface area contributed by atoms with E-state index in [1.54, 1.807) is 31.4 Å². The molecule has 8 nitrogen and oxygen atoms in total. The molecule has 1 fully saturated rings. The molecule has 3 rings (SSSR count). The van der Waals surface area contributed by atoms with Gasteiger partial charge in [-0.3, -0.25) is 10.1 Å². The average molecular weight is 449 g/mol. The van der Waals surface area contributed by atoms with Gasteiger partial charge in [0.05, 0.1) is 13.4 Å². The first kappa shape index (κ1) is 22.0. The fourth-order valence-electron chi connectivity index (χ4n) is 3.14. The largest absolute Gasteiger partial charge is 0.497 e. The molecule has 1 aliphatic heterocycles. The Morgan fingerprint density at radius 2 is 1.73 bits per heavy atom. The van der Waals surface area contributed by atoms with E-state index in [9.17, 15) is 13.2 Å². The summed E-state index contributed by atoms with van der Waals surface area (Å²) in [6, 6.07) is 14.4. The highest BCUT2D eigenvalue weighted by Crippen LogP contribution is 2.20. The molecule has 30 heavy (non-hydrogen) atoms. The molecular formula is C20H24N4O4S2. The first-order valence-electron chi connectivity index (χ1n) is 9.33. The fourth-order valence-corrected chi connectivity index (χ4v) is 4.17. The summed E-state index contributed by atoms with van der Waals surface area (Å²) in [6.07, 6.45) is 1.24. The number of nitrogens with one attached hydrogen (secondary N) is 2. The van der Waals surface area contributed by atoms with E-state index in [1.807, 2.05) is 24.3 Å². The summed E-state index contributed by atoms with van der Waals surface area (Å²) in [4.78, 5) is 14.5. The zero-order valence-electron chi connectivity index (χ0n) is 16.8. The molecule has 1 aliphatic rings. The highest BCUT2D eigenvalue weighted by atomic mass is 32.2. The van der Waals surface area contributed by atoms with E-state index in [-0.39, 0.29) is 11.0 Å². The monoisotopic (exact) mass is 448 g/mol. The van der Waals surface area contributed by atoms with Crippen molar-refractivity contribution in [2.45, 2.75) is 0 Å². The van der Waals surface area contributed by atoms with Crippen LogP contribution in [0.2, 0.25) is 0 Å². The number of nitrogens with zero attached hydrogens (tertiary/aromatic N) is 2. The van der Waals surface area contributed by atoms with E-state index < -0.39 is 10.0 Å². The van der Waals surface area contributed by atoms with Crippen molar-refractivity contribution in [2.24, 2.45) is 0 Å². The third-order valence-electron chi connectivity index (χ3n) is 4.76. The molecule has 2 N–H and O–H groups in total. The fraction of sp³-hybridized carbons (Fsp3) is 0.300. The van der Waals surface area contributed by atoms with Crippen LogP contribution >= 0.6 is 12.2 Å². The number of carbonyl (C=O) groups is 1. The lowest BCUT2D eigenvalue weighted by atomic mass is 10.2. The predicted molar refractivity (Wildman–Crippen MR) is 122 cm³/mol. The SMILES string of the molecule is COc1cccc(C(=O)NC(=S)Nc2ccc(N3CCN(S(C)(=O)=O)CC3)cc2)c1. The lowest BCUT2D eigenvalue weighted by Gasteiger charge is -2.34. The lowest BCUT2D eigenvalue weighted by molar-refractivity contribution is 0.0977. The van der Waals surface area contributed by atoms with E-state index in [0.717, 1.165) is 11.4 Å². The Morgan fingerprint density at radius 1 is 1.07 bits per heavy atom. The maximum absolute atomic E-state index is 12.3. The molecule has 0 atom stereocenters. The first-order chi connectivity index (χ1) is 14.3. The van der Waals surface area contributed by atoms with E-state index in [0.29, 0.717) is 37.5 Å². The number of amides is 1. The highest BCUT2D eigenvalue weighted by molar-refractivity contribution is 7.88. The molecule has 1 heterocycles. The van der Waals surface area contributed by atoms with Crippen molar-refractivity contribution in [3.8, 4) is 5.75 Å². The standard InChI is InChI=1S/C20H24N4O4S2/c1-28-18-5-3-4-15(14-18)19(25)22-20(29)21-16-6-8-17(9-7-16)23-10-12-24(13-11-23)30(2,26)27/h3-9,14H,10-13H2,1-2H3,(H2,21,22,25,29). The molecule has 2 aromatic carbocycles. The summed E-state index contributed by atoms with van der Waals surface area (Å²) in [7, 11) is -1.60. The Morgan fingerprint density at radius 3 is 2.33 bits per heavy atom. The van der Waals surface area contributed by atoms with Gasteiger partial charge in [-0.1, -0.05) is 6.07 Å². The second-order valence-corrected chi connectivity index (χ2v) is 9.23. The molecular weight excluding hydrogens is 424 g/mol. The number of benzene rings is 2. The van der Waals surface area contributed by atoms with Crippen LogP contribution in [-0.2, 0) is 10.0 Å². The predicted octanol–water partition coefficient (Wildman–Crippen LogP) is 1.90. The molecule has 0 saturated carbocycles. The van der Waals surface area contributed by atoms with Crippen molar-refractivity contribution in [3.05, 3.63) is 54.1 Å². The summed E-state index contributed by atoms with van der Waals surface area (Å²) in [5.74, 6) is 0.265.